The SMILES string of the molecule is CN/C(=C\C(C)=O)CCC(C)O. The van der Waals surface area contributed by atoms with Gasteiger partial charge in [0.15, 0.2) is 5.78 Å². The first-order valence-electron chi connectivity index (χ1n) is 4.13. The molecule has 0 aromatic rings. The first-order valence-corrected chi connectivity index (χ1v) is 4.13. The molecule has 0 bridgehead atoms. The molecule has 12 heavy (non-hydrogen) atoms. The Bertz CT molecular complexity index is 173. The summed E-state index contributed by atoms with van der Waals surface area (Å²) < 4.78 is 0. The molecule has 0 aliphatic rings. The van der Waals surface area contributed by atoms with E-state index in [-0.39, 0.29) is 11.9 Å². The number of allylic oxidation sites excluding steroid dienone is 2. The predicted molar refractivity (Wildman–Crippen MR) is 48.7 cm³/mol. The van der Waals surface area contributed by atoms with Crippen LogP contribution in [0.5, 0.6) is 0 Å². The minimum atomic E-state index is -0.311. The van der Waals surface area contributed by atoms with Gasteiger partial charge in [0.25, 0.3) is 0 Å². The Morgan fingerprint density at radius 2 is 2.25 bits per heavy atom. The third-order valence-electron chi connectivity index (χ3n) is 1.53. The highest BCUT2D eigenvalue weighted by Gasteiger charge is 1.99. The van der Waals surface area contributed by atoms with Crippen LogP contribution in [0.3, 0.4) is 0 Å². The fraction of sp³-hybridized carbons (Fsp3) is 0.667. The smallest absolute Gasteiger partial charge is 0.154 e. The van der Waals surface area contributed by atoms with E-state index in [4.69, 9.17) is 5.11 Å². The van der Waals surface area contributed by atoms with Crippen molar-refractivity contribution in [3.63, 3.8) is 0 Å². The molecule has 0 amide bonds. The highest BCUT2D eigenvalue weighted by Crippen LogP contribution is 2.03. The van der Waals surface area contributed by atoms with Crippen LogP contribution in [0.2, 0.25) is 0 Å². The third-order valence-corrected chi connectivity index (χ3v) is 1.53. The Hall–Kier alpha value is -0.830. The molecule has 0 spiro atoms. The van der Waals surface area contributed by atoms with Crippen molar-refractivity contribution in [1.82, 2.24) is 5.32 Å². The summed E-state index contributed by atoms with van der Waals surface area (Å²) in [4.78, 5) is 10.7. The molecule has 0 rings (SSSR count). The number of nitrogens with one attached hydrogen (secondary N) is 1. The van der Waals surface area contributed by atoms with Crippen molar-refractivity contribution in [2.45, 2.75) is 32.8 Å². The van der Waals surface area contributed by atoms with Crippen LogP contribution in [0.4, 0.5) is 0 Å². The average molecular weight is 171 g/mol. The predicted octanol–water partition coefficient (Wildman–Crippen LogP) is 0.840. The zero-order valence-electron chi connectivity index (χ0n) is 7.92. The lowest BCUT2D eigenvalue weighted by Gasteiger charge is -2.07. The molecule has 70 valence electrons. The van der Waals surface area contributed by atoms with E-state index in [1.165, 1.54) is 6.92 Å². The molecule has 3 heteroatoms. The van der Waals surface area contributed by atoms with Crippen LogP contribution < -0.4 is 5.32 Å². The quantitative estimate of drug-likeness (QED) is 0.603. The van der Waals surface area contributed by atoms with Gasteiger partial charge in [-0.25, -0.2) is 0 Å². The van der Waals surface area contributed by atoms with Crippen molar-refractivity contribution in [3.8, 4) is 0 Å². The third kappa shape index (κ3) is 5.92. The topological polar surface area (TPSA) is 49.3 Å². The summed E-state index contributed by atoms with van der Waals surface area (Å²) in [5.74, 6) is 0.0324. The number of hydrogen-bond donors (Lipinski definition) is 2. The van der Waals surface area contributed by atoms with Crippen LogP contribution in [-0.2, 0) is 4.79 Å². The molecule has 1 unspecified atom stereocenters. The second-order valence-corrected chi connectivity index (χ2v) is 2.92. The Balaban J connectivity index is 3.91. The van der Waals surface area contributed by atoms with E-state index in [2.05, 4.69) is 5.32 Å². The van der Waals surface area contributed by atoms with Crippen molar-refractivity contribution in [1.29, 1.82) is 0 Å². The van der Waals surface area contributed by atoms with Crippen LogP contribution in [0, 0.1) is 0 Å². The number of rotatable bonds is 5. The molecular formula is C9H17NO2. The summed E-state index contributed by atoms with van der Waals surface area (Å²) in [6.07, 6.45) is 2.64. The van der Waals surface area contributed by atoms with Crippen LogP contribution in [0.1, 0.15) is 26.7 Å². The van der Waals surface area contributed by atoms with Gasteiger partial charge in [-0.05, 0) is 32.8 Å². The second-order valence-electron chi connectivity index (χ2n) is 2.92. The van der Waals surface area contributed by atoms with E-state index in [1.807, 2.05) is 0 Å². The van der Waals surface area contributed by atoms with Gasteiger partial charge < -0.3 is 10.4 Å². The van der Waals surface area contributed by atoms with Crippen molar-refractivity contribution >= 4 is 5.78 Å². The number of ketones is 1. The molecule has 0 aliphatic heterocycles. The zero-order chi connectivity index (χ0) is 9.56. The number of hydrogen-bond acceptors (Lipinski definition) is 3. The largest absolute Gasteiger partial charge is 0.393 e. The molecular weight excluding hydrogens is 154 g/mol. The van der Waals surface area contributed by atoms with Crippen LogP contribution >= 0.6 is 0 Å². The average Bonchev–Trinajstić information content (AvgIpc) is 1.97. The first-order chi connectivity index (χ1) is 5.56. The standard InChI is InChI=1S/C9H17NO2/c1-7(11)4-5-9(10-3)6-8(2)12/h6-7,10-11H,4-5H2,1-3H3/b9-6-. The summed E-state index contributed by atoms with van der Waals surface area (Å²) in [6.45, 7) is 3.25. The van der Waals surface area contributed by atoms with Crippen molar-refractivity contribution < 1.29 is 9.90 Å². The van der Waals surface area contributed by atoms with Gasteiger partial charge in [-0.2, -0.15) is 0 Å². The van der Waals surface area contributed by atoms with E-state index >= 15 is 0 Å². The van der Waals surface area contributed by atoms with Crippen LogP contribution in [0.25, 0.3) is 0 Å². The minimum Gasteiger partial charge on any atom is -0.393 e. The molecule has 2 N–H and O–H groups in total. The highest BCUT2D eigenvalue weighted by atomic mass is 16.3. The summed E-state index contributed by atoms with van der Waals surface area (Å²) in [7, 11) is 1.77. The lowest BCUT2D eigenvalue weighted by atomic mass is 10.1. The molecule has 0 aromatic carbocycles. The first kappa shape index (κ1) is 11.2. The normalized spacial score (nSPS) is 14.2. The van der Waals surface area contributed by atoms with Gasteiger partial charge in [-0.3, -0.25) is 4.79 Å². The molecule has 0 aromatic heterocycles. The van der Waals surface area contributed by atoms with Crippen molar-refractivity contribution in [2.75, 3.05) is 7.05 Å². The maximum absolute atomic E-state index is 10.7. The molecule has 0 heterocycles. The van der Waals surface area contributed by atoms with Crippen molar-refractivity contribution in [3.05, 3.63) is 11.8 Å². The van der Waals surface area contributed by atoms with Gasteiger partial charge in [-0.15, -0.1) is 0 Å². The van der Waals surface area contributed by atoms with Gasteiger partial charge in [0.2, 0.25) is 0 Å². The number of carbonyl (C=O) groups is 1. The fourth-order valence-electron chi connectivity index (χ4n) is 0.879. The molecule has 0 radical (unpaired) electrons. The lowest BCUT2D eigenvalue weighted by molar-refractivity contribution is -0.112. The molecule has 0 saturated heterocycles. The van der Waals surface area contributed by atoms with E-state index in [9.17, 15) is 4.79 Å². The Morgan fingerprint density at radius 3 is 2.58 bits per heavy atom. The zero-order valence-corrected chi connectivity index (χ0v) is 7.92. The second kappa shape index (κ2) is 5.77. The number of carbonyl (C=O) groups excluding carboxylic acids is 1. The molecule has 3 nitrogen and oxygen atoms in total. The van der Waals surface area contributed by atoms with E-state index in [0.29, 0.717) is 12.8 Å². The van der Waals surface area contributed by atoms with Gasteiger partial charge in [-0.1, -0.05) is 0 Å². The van der Waals surface area contributed by atoms with Gasteiger partial charge in [0, 0.05) is 12.7 Å². The summed E-state index contributed by atoms with van der Waals surface area (Å²) in [5.41, 5.74) is 0.878. The maximum Gasteiger partial charge on any atom is 0.154 e. The fourth-order valence-corrected chi connectivity index (χ4v) is 0.879. The van der Waals surface area contributed by atoms with Crippen LogP contribution in [0.15, 0.2) is 11.8 Å². The maximum atomic E-state index is 10.7. The van der Waals surface area contributed by atoms with Gasteiger partial charge in [0.05, 0.1) is 6.10 Å². The molecule has 1 atom stereocenters. The Labute approximate surface area is 73.5 Å². The lowest BCUT2D eigenvalue weighted by Crippen LogP contribution is -2.10. The minimum absolute atomic E-state index is 0.0324. The summed E-state index contributed by atoms with van der Waals surface area (Å²) >= 11 is 0. The monoisotopic (exact) mass is 171 g/mol. The van der Waals surface area contributed by atoms with E-state index < -0.39 is 0 Å². The highest BCUT2D eigenvalue weighted by molar-refractivity contribution is 5.87. The molecule has 0 saturated carbocycles. The molecule has 0 fully saturated rings. The van der Waals surface area contributed by atoms with Gasteiger partial charge in [0.1, 0.15) is 0 Å². The molecule has 0 aliphatic carbocycles. The summed E-state index contributed by atoms with van der Waals surface area (Å²) in [5, 5.41) is 11.9. The number of aliphatic hydroxyl groups is 1. The Kier molecular flexibility index (Phi) is 5.37. The van der Waals surface area contributed by atoms with E-state index in [0.717, 1.165) is 5.70 Å². The van der Waals surface area contributed by atoms with Crippen LogP contribution in [-0.4, -0.2) is 24.0 Å². The number of aliphatic hydroxyl groups excluding tert-OH is 1. The Morgan fingerprint density at radius 1 is 1.67 bits per heavy atom. The van der Waals surface area contributed by atoms with Gasteiger partial charge >= 0.3 is 0 Å². The summed E-state index contributed by atoms with van der Waals surface area (Å²) in [6, 6.07) is 0. The van der Waals surface area contributed by atoms with E-state index in [1.54, 1.807) is 20.0 Å². The van der Waals surface area contributed by atoms with Crippen molar-refractivity contribution in [2.24, 2.45) is 0 Å².